The molecule has 0 spiro atoms. The van der Waals surface area contributed by atoms with Crippen LogP contribution in [0.15, 0.2) is 74.8 Å². The zero-order valence-electron chi connectivity index (χ0n) is 11.6. The van der Waals surface area contributed by atoms with E-state index in [0.29, 0.717) is 0 Å². The van der Waals surface area contributed by atoms with Gasteiger partial charge in [0.2, 0.25) is 0 Å². The summed E-state index contributed by atoms with van der Waals surface area (Å²) < 4.78 is 0. The van der Waals surface area contributed by atoms with Crippen molar-refractivity contribution >= 4 is 23.3 Å². The van der Waals surface area contributed by atoms with Crippen molar-refractivity contribution in [3.8, 4) is 0 Å². The third-order valence-electron chi connectivity index (χ3n) is 3.38. The van der Waals surface area contributed by atoms with Crippen LogP contribution in [0.1, 0.15) is 22.3 Å². The molecule has 0 amide bonds. The number of hydrogen-bond acceptors (Lipinski definition) is 0. The Morgan fingerprint density at radius 3 is 1.35 bits per heavy atom. The summed E-state index contributed by atoms with van der Waals surface area (Å²) in [5.41, 5.74) is 6.08. The largest absolute Gasteiger partial charge is 0.0984 e. The minimum atomic E-state index is 0.912. The average molecular weight is 258 g/mol. The highest BCUT2D eigenvalue weighted by molar-refractivity contribution is 6.05. The summed E-state index contributed by atoms with van der Waals surface area (Å²) in [7, 11) is 0. The molecule has 0 nitrogen and oxygen atoms in total. The monoisotopic (exact) mass is 258 g/mol. The van der Waals surface area contributed by atoms with Gasteiger partial charge in [-0.1, -0.05) is 87.0 Å². The first kappa shape index (κ1) is 13.8. The van der Waals surface area contributed by atoms with E-state index in [4.69, 9.17) is 0 Å². The maximum absolute atomic E-state index is 4.20. The van der Waals surface area contributed by atoms with E-state index >= 15 is 0 Å². The van der Waals surface area contributed by atoms with Crippen LogP contribution in [-0.4, -0.2) is 0 Å². The molecule has 0 heterocycles. The Bertz CT molecular complexity index is 625. The molecule has 0 aromatic heterocycles. The maximum Gasteiger partial charge on any atom is -0.0112 e. The molecule has 20 heavy (non-hydrogen) atoms. The Morgan fingerprint density at radius 2 is 1.00 bits per heavy atom. The molecule has 0 saturated heterocycles. The third-order valence-corrected chi connectivity index (χ3v) is 3.38. The molecule has 0 saturated carbocycles. The first-order valence-corrected chi connectivity index (χ1v) is 6.51. The van der Waals surface area contributed by atoms with Gasteiger partial charge in [-0.25, -0.2) is 0 Å². The summed E-state index contributed by atoms with van der Waals surface area (Å²) in [6.07, 6.45) is 3.68. The van der Waals surface area contributed by atoms with Crippen molar-refractivity contribution in [3.05, 3.63) is 97.1 Å². The fraction of sp³-hybridized carbons (Fsp3) is 0. The Kier molecular flexibility index (Phi) is 4.17. The summed E-state index contributed by atoms with van der Waals surface area (Å²) in [4.78, 5) is 0. The lowest BCUT2D eigenvalue weighted by Crippen LogP contribution is -1.93. The molecule has 0 aliphatic heterocycles. The van der Waals surface area contributed by atoms with Gasteiger partial charge in [-0.2, -0.15) is 0 Å². The molecule has 0 fully saturated rings. The molecule has 98 valence electrons. The van der Waals surface area contributed by atoms with E-state index in [0.717, 1.165) is 33.4 Å². The molecule has 2 aromatic rings. The molecular formula is C20H18. The molecule has 0 atom stereocenters. The first-order valence-electron chi connectivity index (χ1n) is 6.51. The van der Waals surface area contributed by atoms with Gasteiger partial charge in [-0.05, 0) is 33.4 Å². The van der Waals surface area contributed by atoms with Gasteiger partial charge in [0, 0.05) is 0 Å². The summed E-state index contributed by atoms with van der Waals surface area (Å²) in [6, 6.07) is 16.1. The second-order valence-electron chi connectivity index (χ2n) is 4.54. The fourth-order valence-corrected chi connectivity index (χ4v) is 2.22. The summed E-state index contributed by atoms with van der Waals surface area (Å²) in [5.74, 6) is 0. The van der Waals surface area contributed by atoms with Crippen LogP contribution in [0.25, 0.3) is 23.3 Å². The SMILES string of the molecule is C=Cc1ccccc1C(=C)C(=C)c1ccccc1C=C. The highest BCUT2D eigenvalue weighted by Gasteiger charge is 2.10. The normalized spacial score (nSPS) is 9.80. The second kappa shape index (κ2) is 6.03. The van der Waals surface area contributed by atoms with Crippen molar-refractivity contribution in [2.24, 2.45) is 0 Å². The van der Waals surface area contributed by atoms with Gasteiger partial charge in [-0.3, -0.25) is 0 Å². The van der Waals surface area contributed by atoms with E-state index < -0.39 is 0 Å². The molecule has 0 heteroatoms. The van der Waals surface area contributed by atoms with Crippen LogP contribution < -0.4 is 0 Å². The van der Waals surface area contributed by atoms with Crippen molar-refractivity contribution in [3.63, 3.8) is 0 Å². The highest BCUT2D eigenvalue weighted by Crippen LogP contribution is 2.32. The topological polar surface area (TPSA) is 0 Å². The predicted molar refractivity (Wildman–Crippen MR) is 91.1 cm³/mol. The van der Waals surface area contributed by atoms with Crippen molar-refractivity contribution in [2.45, 2.75) is 0 Å². The summed E-state index contributed by atoms with van der Waals surface area (Å²) >= 11 is 0. The molecule has 0 radical (unpaired) electrons. The molecule has 0 N–H and O–H groups in total. The molecule has 0 unspecified atom stereocenters. The quantitative estimate of drug-likeness (QED) is 0.603. The van der Waals surface area contributed by atoms with E-state index in [1.165, 1.54) is 0 Å². The number of rotatable bonds is 5. The predicted octanol–water partition coefficient (Wildman–Crippen LogP) is 5.70. The Labute approximate surface area is 121 Å². The fourth-order valence-electron chi connectivity index (χ4n) is 2.22. The van der Waals surface area contributed by atoms with Gasteiger partial charge in [0.25, 0.3) is 0 Å². The number of allylic oxidation sites excluding steroid dienone is 2. The van der Waals surface area contributed by atoms with E-state index in [1.807, 2.05) is 60.7 Å². The lowest BCUT2D eigenvalue weighted by molar-refractivity contribution is 1.55. The van der Waals surface area contributed by atoms with Gasteiger partial charge >= 0.3 is 0 Å². The van der Waals surface area contributed by atoms with Gasteiger partial charge in [-0.15, -0.1) is 0 Å². The minimum Gasteiger partial charge on any atom is -0.0984 e. The van der Waals surface area contributed by atoms with Crippen molar-refractivity contribution in [1.82, 2.24) is 0 Å². The Morgan fingerprint density at radius 1 is 0.650 bits per heavy atom. The smallest absolute Gasteiger partial charge is 0.0112 e. The third kappa shape index (κ3) is 2.55. The van der Waals surface area contributed by atoms with Crippen LogP contribution in [0.2, 0.25) is 0 Å². The van der Waals surface area contributed by atoms with E-state index in [2.05, 4.69) is 26.3 Å². The first-order chi connectivity index (χ1) is 9.69. The van der Waals surface area contributed by atoms with Crippen LogP contribution in [0, 0.1) is 0 Å². The zero-order valence-corrected chi connectivity index (χ0v) is 11.6. The number of hydrogen-bond donors (Lipinski definition) is 0. The van der Waals surface area contributed by atoms with Crippen LogP contribution in [0.4, 0.5) is 0 Å². The van der Waals surface area contributed by atoms with Gasteiger partial charge in [0.15, 0.2) is 0 Å². The molecule has 2 aromatic carbocycles. The van der Waals surface area contributed by atoms with E-state index in [-0.39, 0.29) is 0 Å². The number of benzene rings is 2. The van der Waals surface area contributed by atoms with Crippen LogP contribution >= 0.6 is 0 Å². The highest BCUT2D eigenvalue weighted by atomic mass is 14.1. The van der Waals surface area contributed by atoms with Crippen LogP contribution in [-0.2, 0) is 0 Å². The van der Waals surface area contributed by atoms with Gasteiger partial charge in [0.05, 0.1) is 0 Å². The zero-order chi connectivity index (χ0) is 14.5. The van der Waals surface area contributed by atoms with Gasteiger partial charge in [0.1, 0.15) is 0 Å². The average Bonchev–Trinajstić information content (AvgIpc) is 2.53. The Hall–Kier alpha value is -2.60. The second-order valence-corrected chi connectivity index (χ2v) is 4.54. The van der Waals surface area contributed by atoms with Crippen LogP contribution in [0.3, 0.4) is 0 Å². The lowest BCUT2D eigenvalue weighted by Gasteiger charge is -2.14. The van der Waals surface area contributed by atoms with Crippen molar-refractivity contribution < 1.29 is 0 Å². The van der Waals surface area contributed by atoms with Crippen molar-refractivity contribution in [2.75, 3.05) is 0 Å². The molecule has 0 aliphatic rings. The summed E-state index contributed by atoms with van der Waals surface area (Å²) in [5, 5.41) is 0. The molecular weight excluding hydrogens is 240 g/mol. The summed E-state index contributed by atoms with van der Waals surface area (Å²) in [6.45, 7) is 16.1. The molecule has 0 aliphatic carbocycles. The van der Waals surface area contributed by atoms with E-state index in [9.17, 15) is 0 Å². The van der Waals surface area contributed by atoms with Crippen LogP contribution in [0.5, 0.6) is 0 Å². The standard InChI is InChI=1S/C20H18/c1-5-17-11-7-9-13-19(17)15(3)16(4)20-14-10-8-12-18(20)6-2/h5-14H,1-4H2. The Balaban J connectivity index is 2.46. The maximum atomic E-state index is 4.20. The van der Waals surface area contributed by atoms with Crippen molar-refractivity contribution in [1.29, 1.82) is 0 Å². The molecule has 2 rings (SSSR count). The molecule has 0 bridgehead atoms. The lowest BCUT2D eigenvalue weighted by atomic mass is 9.90. The minimum absolute atomic E-state index is 0.912. The van der Waals surface area contributed by atoms with Gasteiger partial charge < -0.3 is 0 Å². The van der Waals surface area contributed by atoms with E-state index in [1.54, 1.807) is 0 Å².